The van der Waals surface area contributed by atoms with Gasteiger partial charge >= 0.3 is 5.97 Å². The Morgan fingerprint density at radius 1 is 1.23 bits per heavy atom. The Morgan fingerprint density at radius 2 is 1.96 bits per heavy atom. The summed E-state index contributed by atoms with van der Waals surface area (Å²) in [5.41, 5.74) is 0.798. The Hall–Kier alpha value is -2.32. The van der Waals surface area contributed by atoms with Crippen molar-refractivity contribution in [3.8, 4) is 0 Å². The largest absolute Gasteiger partial charge is 0.465 e. The van der Waals surface area contributed by atoms with Crippen LogP contribution in [0.5, 0.6) is 0 Å². The second kappa shape index (κ2) is 7.92. The third kappa shape index (κ3) is 3.91. The first-order chi connectivity index (χ1) is 12.5. The number of rotatable bonds is 5. The number of anilines is 2. The van der Waals surface area contributed by atoms with E-state index in [1.54, 1.807) is 28.8 Å². The molecule has 8 heteroatoms. The second-order valence-corrected chi connectivity index (χ2v) is 7.71. The number of methoxy groups -OCH3 is 1. The monoisotopic (exact) mass is 390 g/mol. The summed E-state index contributed by atoms with van der Waals surface area (Å²) in [4.78, 5) is 39.5. The van der Waals surface area contributed by atoms with E-state index in [2.05, 4.69) is 10.1 Å². The van der Waals surface area contributed by atoms with Crippen molar-refractivity contribution in [2.75, 3.05) is 30.1 Å². The minimum atomic E-state index is -0.439. The third-order valence-electron chi connectivity index (χ3n) is 4.12. The van der Waals surface area contributed by atoms with Crippen LogP contribution in [-0.4, -0.2) is 37.7 Å². The van der Waals surface area contributed by atoms with Crippen LogP contribution >= 0.6 is 23.1 Å². The Balaban J connectivity index is 1.64. The first kappa shape index (κ1) is 18.5. The zero-order valence-corrected chi connectivity index (χ0v) is 16.0. The van der Waals surface area contributed by atoms with E-state index >= 15 is 0 Å². The lowest BCUT2D eigenvalue weighted by atomic mass is 10.1. The first-order valence-electron chi connectivity index (χ1n) is 7.95. The van der Waals surface area contributed by atoms with E-state index in [4.69, 9.17) is 0 Å². The molecule has 2 aromatic rings. The maximum absolute atomic E-state index is 12.5. The molecule has 0 aliphatic carbocycles. The normalized spacial score (nSPS) is 16.6. The molecule has 1 aromatic heterocycles. The number of hydrogen-bond acceptors (Lipinski definition) is 6. The van der Waals surface area contributed by atoms with Gasteiger partial charge in [0.15, 0.2) is 0 Å². The van der Waals surface area contributed by atoms with Crippen molar-refractivity contribution < 1.29 is 19.1 Å². The molecule has 1 aliphatic heterocycles. The number of thiophene rings is 1. The Kier molecular flexibility index (Phi) is 5.63. The van der Waals surface area contributed by atoms with Crippen molar-refractivity contribution in [3.05, 3.63) is 41.3 Å². The average Bonchev–Trinajstić information content (AvgIpc) is 3.28. The fraction of sp³-hybridized carbons (Fsp3) is 0.278. The van der Waals surface area contributed by atoms with Crippen LogP contribution in [0.2, 0.25) is 0 Å². The minimum absolute atomic E-state index is 0.0662. The number of nitrogens with zero attached hydrogens (tertiary/aromatic N) is 1. The lowest BCUT2D eigenvalue weighted by molar-refractivity contribution is -0.122. The number of ether oxygens (including phenoxy) is 1. The van der Waals surface area contributed by atoms with Crippen molar-refractivity contribution in [2.24, 2.45) is 5.92 Å². The topological polar surface area (TPSA) is 75.7 Å². The molecule has 1 aromatic carbocycles. The molecule has 136 valence electrons. The molecule has 0 radical (unpaired) electrons. The molecule has 0 saturated carbocycles. The average molecular weight is 390 g/mol. The van der Waals surface area contributed by atoms with Crippen molar-refractivity contribution in [1.82, 2.24) is 0 Å². The fourth-order valence-electron chi connectivity index (χ4n) is 2.73. The highest BCUT2D eigenvalue weighted by atomic mass is 32.2. The fourth-order valence-corrected chi connectivity index (χ4v) is 3.97. The summed E-state index contributed by atoms with van der Waals surface area (Å²) in [6, 6.07) is 11.0. The summed E-state index contributed by atoms with van der Waals surface area (Å²) in [6.07, 6.45) is 2.16. The number of thioether (sulfide) groups is 1. The number of carbonyl (C=O) groups is 3. The molecule has 0 unspecified atom stereocenters. The van der Waals surface area contributed by atoms with E-state index in [1.165, 1.54) is 7.11 Å². The summed E-state index contributed by atoms with van der Waals surface area (Å²) in [5, 5.41) is 3.34. The highest BCUT2D eigenvalue weighted by Gasteiger charge is 2.35. The van der Waals surface area contributed by atoms with Crippen LogP contribution in [0, 0.1) is 5.92 Å². The van der Waals surface area contributed by atoms with Gasteiger partial charge in [0.2, 0.25) is 11.8 Å². The summed E-state index contributed by atoms with van der Waals surface area (Å²) < 4.78 is 4.65. The number of amides is 2. The molecule has 26 heavy (non-hydrogen) atoms. The van der Waals surface area contributed by atoms with Gasteiger partial charge in [-0.3, -0.25) is 9.59 Å². The van der Waals surface area contributed by atoms with Gasteiger partial charge in [-0.15, -0.1) is 23.1 Å². The van der Waals surface area contributed by atoms with Crippen LogP contribution in [0.25, 0.3) is 0 Å². The first-order valence-corrected chi connectivity index (χ1v) is 9.99. The lowest BCUT2D eigenvalue weighted by Crippen LogP contribution is -2.27. The third-order valence-corrected chi connectivity index (χ3v) is 5.84. The quantitative estimate of drug-likeness (QED) is 0.627. The highest BCUT2D eigenvalue weighted by Crippen LogP contribution is 2.29. The van der Waals surface area contributed by atoms with Gasteiger partial charge in [0, 0.05) is 23.5 Å². The smallest absolute Gasteiger partial charge is 0.348 e. The van der Waals surface area contributed by atoms with Crippen LogP contribution in [0.3, 0.4) is 0 Å². The van der Waals surface area contributed by atoms with Crippen LogP contribution in [0.4, 0.5) is 10.7 Å². The molecule has 6 nitrogen and oxygen atoms in total. The van der Waals surface area contributed by atoms with Crippen molar-refractivity contribution in [1.29, 1.82) is 0 Å². The van der Waals surface area contributed by atoms with Crippen LogP contribution in [0.1, 0.15) is 16.1 Å². The molecule has 1 fully saturated rings. The Morgan fingerprint density at radius 3 is 2.62 bits per heavy atom. The van der Waals surface area contributed by atoms with Crippen LogP contribution in [0.15, 0.2) is 41.3 Å². The Bertz CT molecular complexity index is 832. The van der Waals surface area contributed by atoms with Gasteiger partial charge in [0.05, 0.1) is 18.0 Å². The molecule has 2 amide bonds. The number of nitrogens with one attached hydrogen (secondary N) is 1. The molecule has 1 N–H and O–H groups in total. The number of benzene rings is 1. The number of hydrogen-bond donors (Lipinski definition) is 1. The van der Waals surface area contributed by atoms with Gasteiger partial charge in [0.25, 0.3) is 0 Å². The van der Waals surface area contributed by atoms with Crippen molar-refractivity contribution in [3.63, 3.8) is 0 Å². The van der Waals surface area contributed by atoms with E-state index in [9.17, 15) is 14.4 Å². The zero-order valence-electron chi connectivity index (χ0n) is 14.4. The van der Waals surface area contributed by atoms with Crippen LogP contribution < -0.4 is 10.2 Å². The maximum atomic E-state index is 12.5. The molecule has 0 spiro atoms. The molecule has 3 rings (SSSR count). The molecule has 0 bridgehead atoms. The molecule has 1 atom stereocenters. The summed E-state index contributed by atoms with van der Waals surface area (Å²) in [6.45, 7) is 0.346. The van der Waals surface area contributed by atoms with Crippen molar-refractivity contribution >= 4 is 51.6 Å². The second-order valence-electron chi connectivity index (χ2n) is 5.75. The van der Waals surface area contributed by atoms with Gasteiger partial charge in [-0.1, -0.05) is 0 Å². The number of carbonyl (C=O) groups excluding carboxylic acids is 3. The van der Waals surface area contributed by atoms with E-state index in [1.807, 2.05) is 30.5 Å². The molecule has 1 aliphatic rings. The molecular weight excluding hydrogens is 372 g/mol. The summed E-state index contributed by atoms with van der Waals surface area (Å²) >= 11 is 2.78. The summed E-state index contributed by atoms with van der Waals surface area (Å²) in [7, 11) is 1.31. The van der Waals surface area contributed by atoms with Gasteiger partial charge in [-0.05, 0) is 42.7 Å². The van der Waals surface area contributed by atoms with E-state index in [0.29, 0.717) is 16.4 Å². The molecule has 2 heterocycles. The predicted octanol–water partition coefficient (Wildman–Crippen LogP) is 3.25. The van der Waals surface area contributed by atoms with Gasteiger partial charge in [-0.25, -0.2) is 4.79 Å². The number of esters is 1. The molecule has 1 saturated heterocycles. The minimum Gasteiger partial charge on any atom is -0.465 e. The Labute approximate surface area is 159 Å². The maximum Gasteiger partial charge on any atom is 0.348 e. The van der Waals surface area contributed by atoms with E-state index in [-0.39, 0.29) is 18.2 Å². The standard InChI is InChI=1S/C18H18N2O4S2/c1-24-18(23)14-7-8-15(26-14)19-17(22)11-9-16(21)20(10-11)12-3-5-13(25-2)6-4-12/h3-8,11H,9-10H2,1-2H3,(H,19,22)/t11-/m1/s1. The SMILES string of the molecule is COC(=O)c1ccc(NC(=O)[C@@H]2CC(=O)N(c3ccc(SC)cc3)C2)s1. The van der Waals surface area contributed by atoms with E-state index < -0.39 is 11.9 Å². The lowest BCUT2D eigenvalue weighted by Gasteiger charge is -2.17. The van der Waals surface area contributed by atoms with E-state index in [0.717, 1.165) is 21.9 Å². The van der Waals surface area contributed by atoms with Crippen molar-refractivity contribution in [2.45, 2.75) is 11.3 Å². The zero-order chi connectivity index (χ0) is 18.7. The highest BCUT2D eigenvalue weighted by molar-refractivity contribution is 7.98. The summed E-state index contributed by atoms with van der Waals surface area (Å²) in [5.74, 6) is -1.15. The predicted molar refractivity (Wildman–Crippen MR) is 103 cm³/mol. The van der Waals surface area contributed by atoms with Gasteiger partial charge < -0.3 is 15.0 Å². The molecular formula is C18H18N2O4S2. The van der Waals surface area contributed by atoms with Gasteiger partial charge in [-0.2, -0.15) is 0 Å². The van der Waals surface area contributed by atoms with Gasteiger partial charge in [0.1, 0.15) is 4.88 Å². The van der Waals surface area contributed by atoms with Crippen LogP contribution in [-0.2, 0) is 14.3 Å².